The fourth-order valence-corrected chi connectivity index (χ4v) is 4.16. The highest BCUT2D eigenvalue weighted by molar-refractivity contribution is 5.27. The fraction of sp³-hybridized carbons (Fsp3) is 0.688. The summed E-state index contributed by atoms with van der Waals surface area (Å²) >= 11 is 0. The molecule has 0 saturated heterocycles. The van der Waals surface area contributed by atoms with Crippen molar-refractivity contribution in [1.82, 2.24) is 10.3 Å². The summed E-state index contributed by atoms with van der Waals surface area (Å²) in [6.07, 6.45) is 9.50. The minimum Gasteiger partial charge on any atom is -0.495 e. The first-order valence-electron chi connectivity index (χ1n) is 7.54. The highest BCUT2D eigenvalue weighted by Crippen LogP contribution is 2.52. The van der Waals surface area contributed by atoms with Crippen molar-refractivity contribution >= 4 is 0 Å². The normalized spacial score (nSPS) is 30.5. The van der Waals surface area contributed by atoms with Crippen LogP contribution in [0.5, 0.6) is 5.75 Å². The third-order valence-corrected chi connectivity index (χ3v) is 4.97. The summed E-state index contributed by atoms with van der Waals surface area (Å²) < 4.78 is 5.32. The predicted octanol–water partition coefficient (Wildman–Crippen LogP) is 3.18. The van der Waals surface area contributed by atoms with Gasteiger partial charge in [0.15, 0.2) is 0 Å². The summed E-state index contributed by atoms with van der Waals surface area (Å²) in [5, 5.41) is 3.68. The van der Waals surface area contributed by atoms with Crippen molar-refractivity contribution in [2.45, 2.75) is 38.6 Å². The first-order chi connectivity index (χ1) is 9.31. The van der Waals surface area contributed by atoms with Crippen LogP contribution in [-0.4, -0.2) is 18.6 Å². The molecule has 0 radical (unpaired) electrons. The van der Waals surface area contributed by atoms with E-state index in [2.05, 4.69) is 23.3 Å². The second-order valence-electron chi connectivity index (χ2n) is 6.03. The molecule has 0 aliphatic heterocycles. The smallest absolute Gasteiger partial charge is 0.137 e. The Labute approximate surface area is 115 Å². The van der Waals surface area contributed by atoms with E-state index < -0.39 is 0 Å². The summed E-state index contributed by atoms with van der Waals surface area (Å²) in [6, 6.07) is 2.59. The van der Waals surface area contributed by atoms with E-state index >= 15 is 0 Å². The first kappa shape index (κ1) is 12.9. The van der Waals surface area contributed by atoms with Crippen molar-refractivity contribution in [2.75, 3.05) is 13.7 Å². The molecule has 2 aliphatic rings. The minimum atomic E-state index is 0.447. The summed E-state index contributed by atoms with van der Waals surface area (Å²) in [4.78, 5) is 4.33. The SMILES string of the molecule is CCNC(c1cncc(OC)c1)C1CC2CCC1C2. The molecule has 19 heavy (non-hydrogen) atoms. The Morgan fingerprint density at radius 3 is 2.89 bits per heavy atom. The van der Waals surface area contributed by atoms with E-state index in [0.29, 0.717) is 6.04 Å². The van der Waals surface area contributed by atoms with Crippen LogP contribution < -0.4 is 10.1 Å². The number of pyridine rings is 1. The number of methoxy groups -OCH3 is 1. The maximum absolute atomic E-state index is 5.32. The number of ether oxygens (including phenoxy) is 1. The molecule has 0 amide bonds. The van der Waals surface area contributed by atoms with Gasteiger partial charge in [-0.1, -0.05) is 13.3 Å². The molecular formula is C16H24N2O. The van der Waals surface area contributed by atoms with Gasteiger partial charge in [0.05, 0.1) is 13.3 Å². The molecule has 2 bridgehead atoms. The van der Waals surface area contributed by atoms with Crippen LogP contribution >= 0.6 is 0 Å². The molecular weight excluding hydrogens is 236 g/mol. The number of fused-ring (bicyclic) bond motifs is 2. The zero-order valence-corrected chi connectivity index (χ0v) is 11.9. The fourth-order valence-electron chi connectivity index (χ4n) is 4.16. The number of aromatic nitrogens is 1. The molecule has 3 nitrogen and oxygen atoms in total. The van der Waals surface area contributed by atoms with Crippen molar-refractivity contribution in [3.63, 3.8) is 0 Å². The number of nitrogens with zero attached hydrogens (tertiary/aromatic N) is 1. The van der Waals surface area contributed by atoms with Gasteiger partial charge in [0.25, 0.3) is 0 Å². The van der Waals surface area contributed by atoms with Gasteiger partial charge >= 0.3 is 0 Å². The van der Waals surface area contributed by atoms with Crippen molar-refractivity contribution < 1.29 is 4.74 Å². The van der Waals surface area contributed by atoms with Gasteiger partial charge in [0.2, 0.25) is 0 Å². The third-order valence-electron chi connectivity index (χ3n) is 4.97. The van der Waals surface area contributed by atoms with Gasteiger partial charge in [-0.15, -0.1) is 0 Å². The Hall–Kier alpha value is -1.09. The topological polar surface area (TPSA) is 34.2 Å². The summed E-state index contributed by atoms with van der Waals surface area (Å²) in [5.74, 6) is 3.55. The van der Waals surface area contributed by atoms with Gasteiger partial charge in [-0.2, -0.15) is 0 Å². The lowest BCUT2D eigenvalue weighted by molar-refractivity contribution is 0.252. The van der Waals surface area contributed by atoms with E-state index in [4.69, 9.17) is 4.74 Å². The van der Waals surface area contributed by atoms with Gasteiger partial charge in [-0.05, 0) is 55.2 Å². The van der Waals surface area contributed by atoms with Crippen LogP contribution in [0.1, 0.15) is 44.2 Å². The van der Waals surface area contributed by atoms with Crippen LogP contribution in [0.4, 0.5) is 0 Å². The van der Waals surface area contributed by atoms with Crippen LogP contribution in [0, 0.1) is 17.8 Å². The highest BCUT2D eigenvalue weighted by Gasteiger charge is 2.43. The molecule has 4 atom stereocenters. The number of hydrogen-bond acceptors (Lipinski definition) is 3. The molecule has 0 spiro atoms. The molecule has 104 valence electrons. The molecule has 2 saturated carbocycles. The zero-order chi connectivity index (χ0) is 13.2. The maximum atomic E-state index is 5.32. The Morgan fingerprint density at radius 2 is 2.26 bits per heavy atom. The molecule has 1 aromatic rings. The van der Waals surface area contributed by atoms with E-state index in [1.807, 2.05) is 6.20 Å². The van der Waals surface area contributed by atoms with Crippen molar-refractivity contribution in [1.29, 1.82) is 0 Å². The molecule has 1 N–H and O–H groups in total. The number of hydrogen-bond donors (Lipinski definition) is 1. The summed E-state index contributed by atoms with van der Waals surface area (Å²) in [7, 11) is 1.71. The van der Waals surface area contributed by atoms with Gasteiger partial charge < -0.3 is 10.1 Å². The van der Waals surface area contributed by atoms with Crippen molar-refractivity contribution in [3.05, 3.63) is 24.0 Å². The zero-order valence-electron chi connectivity index (χ0n) is 11.9. The lowest BCUT2D eigenvalue weighted by Gasteiger charge is -2.31. The van der Waals surface area contributed by atoms with Crippen LogP contribution in [0.25, 0.3) is 0 Å². The predicted molar refractivity (Wildman–Crippen MR) is 76.1 cm³/mol. The molecule has 2 aliphatic carbocycles. The maximum Gasteiger partial charge on any atom is 0.137 e. The highest BCUT2D eigenvalue weighted by atomic mass is 16.5. The van der Waals surface area contributed by atoms with Crippen LogP contribution in [0.15, 0.2) is 18.5 Å². The Balaban J connectivity index is 1.83. The summed E-state index contributed by atoms with van der Waals surface area (Å²) in [6.45, 7) is 3.20. The molecule has 3 heteroatoms. The van der Waals surface area contributed by atoms with Gasteiger partial charge in [0.1, 0.15) is 5.75 Å². The van der Waals surface area contributed by atoms with Crippen LogP contribution in [0.3, 0.4) is 0 Å². The second kappa shape index (κ2) is 5.49. The lowest BCUT2D eigenvalue weighted by Crippen LogP contribution is -2.31. The molecule has 0 aromatic carbocycles. The van der Waals surface area contributed by atoms with Crippen molar-refractivity contribution in [2.24, 2.45) is 17.8 Å². The average molecular weight is 260 g/mol. The van der Waals surface area contributed by atoms with Crippen LogP contribution in [-0.2, 0) is 0 Å². The van der Waals surface area contributed by atoms with Crippen molar-refractivity contribution in [3.8, 4) is 5.75 Å². The van der Waals surface area contributed by atoms with Gasteiger partial charge in [-0.3, -0.25) is 4.98 Å². The van der Waals surface area contributed by atoms with Crippen LogP contribution in [0.2, 0.25) is 0 Å². The molecule has 2 fully saturated rings. The Kier molecular flexibility index (Phi) is 3.74. The van der Waals surface area contributed by atoms with E-state index in [1.54, 1.807) is 13.3 Å². The Bertz CT molecular complexity index is 435. The monoisotopic (exact) mass is 260 g/mol. The molecule has 1 heterocycles. The third kappa shape index (κ3) is 2.48. The second-order valence-corrected chi connectivity index (χ2v) is 6.03. The lowest BCUT2D eigenvalue weighted by atomic mass is 9.81. The molecule has 4 unspecified atom stereocenters. The minimum absolute atomic E-state index is 0.447. The largest absolute Gasteiger partial charge is 0.495 e. The average Bonchev–Trinajstić information content (AvgIpc) is 3.07. The summed E-state index contributed by atoms with van der Waals surface area (Å²) in [5.41, 5.74) is 1.29. The number of rotatable bonds is 5. The van der Waals surface area contributed by atoms with Gasteiger partial charge in [-0.25, -0.2) is 0 Å². The van der Waals surface area contributed by atoms with E-state index in [1.165, 1.54) is 31.2 Å². The van der Waals surface area contributed by atoms with E-state index in [9.17, 15) is 0 Å². The number of nitrogens with one attached hydrogen (secondary N) is 1. The molecule has 3 rings (SSSR count). The Morgan fingerprint density at radius 1 is 1.37 bits per heavy atom. The quantitative estimate of drug-likeness (QED) is 0.883. The van der Waals surface area contributed by atoms with E-state index in [-0.39, 0.29) is 0 Å². The first-order valence-corrected chi connectivity index (χ1v) is 7.54. The standard InChI is InChI=1S/C16H24N2O/c1-3-18-16(13-8-14(19-2)10-17-9-13)15-7-11-4-5-12(15)6-11/h8-12,15-16,18H,3-7H2,1-2H3. The van der Waals surface area contributed by atoms with Gasteiger partial charge in [0, 0.05) is 12.2 Å². The molecule has 1 aromatic heterocycles. The van der Waals surface area contributed by atoms with E-state index in [0.717, 1.165) is 30.0 Å².